The molecule has 1 saturated heterocycles. The third-order valence-corrected chi connectivity index (χ3v) is 3.99. The van der Waals surface area contributed by atoms with Crippen LogP contribution in [0.4, 0.5) is 4.79 Å². The monoisotopic (exact) mass is 283 g/mol. The summed E-state index contributed by atoms with van der Waals surface area (Å²) in [5.41, 5.74) is -0.592. The van der Waals surface area contributed by atoms with Crippen LogP contribution in [0.5, 0.6) is 0 Å². The van der Waals surface area contributed by atoms with Crippen LogP contribution in [0.3, 0.4) is 0 Å². The normalized spacial score (nSPS) is 27.2. The summed E-state index contributed by atoms with van der Waals surface area (Å²) in [6.45, 7) is 5.87. The van der Waals surface area contributed by atoms with Crippen LogP contribution in [-0.4, -0.2) is 40.3 Å². The number of carbonyl (C=O) groups is 2. The van der Waals surface area contributed by atoms with Crippen LogP contribution in [0.15, 0.2) is 0 Å². The maximum Gasteiger partial charge on any atom is 0.411 e. The average Bonchev–Trinajstić information content (AvgIpc) is 3.10. The summed E-state index contributed by atoms with van der Waals surface area (Å²) in [4.78, 5) is 24.9. The average molecular weight is 283 g/mol. The molecule has 2 unspecified atom stereocenters. The summed E-state index contributed by atoms with van der Waals surface area (Å²) >= 11 is 0. The number of aliphatic carboxylic acids is 1. The molecule has 1 N–H and O–H groups in total. The maximum atomic E-state index is 12.1. The molecule has 20 heavy (non-hydrogen) atoms. The molecular weight excluding hydrogens is 258 g/mol. The molecule has 0 radical (unpaired) electrons. The lowest BCUT2D eigenvalue weighted by atomic mass is 9.87. The number of hydrogen-bond acceptors (Lipinski definition) is 3. The summed E-state index contributed by atoms with van der Waals surface area (Å²) in [6.07, 6.45) is 4.62. The second kappa shape index (κ2) is 5.62. The first kappa shape index (κ1) is 15.1. The minimum absolute atomic E-state index is 0.433. The van der Waals surface area contributed by atoms with E-state index in [4.69, 9.17) is 4.74 Å². The molecule has 0 aromatic rings. The van der Waals surface area contributed by atoms with E-state index in [0.29, 0.717) is 18.9 Å². The number of rotatable bonds is 3. The molecular formula is C15H25NO4. The first-order valence-corrected chi connectivity index (χ1v) is 7.48. The number of piperidine rings is 1. The highest BCUT2D eigenvalue weighted by Gasteiger charge is 2.39. The molecule has 1 amide bonds. The summed E-state index contributed by atoms with van der Waals surface area (Å²) in [6, 6.07) is -0.734. The Morgan fingerprint density at radius 1 is 1.20 bits per heavy atom. The van der Waals surface area contributed by atoms with Crippen LogP contribution in [0.2, 0.25) is 0 Å². The molecule has 5 heteroatoms. The van der Waals surface area contributed by atoms with E-state index in [1.165, 1.54) is 17.7 Å². The Labute approximate surface area is 120 Å². The van der Waals surface area contributed by atoms with Gasteiger partial charge in [-0.05, 0) is 51.9 Å². The zero-order valence-corrected chi connectivity index (χ0v) is 12.6. The van der Waals surface area contributed by atoms with Gasteiger partial charge in [0, 0.05) is 6.54 Å². The summed E-state index contributed by atoms with van der Waals surface area (Å²) in [5, 5.41) is 9.37. The zero-order chi connectivity index (χ0) is 14.9. The Morgan fingerprint density at radius 3 is 2.35 bits per heavy atom. The Balaban J connectivity index is 1.97. The van der Waals surface area contributed by atoms with Gasteiger partial charge in [-0.25, -0.2) is 9.59 Å². The molecule has 2 fully saturated rings. The van der Waals surface area contributed by atoms with Crippen molar-refractivity contribution in [2.45, 2.75) is 64.5 Å². The molecule has 5 nitrogen and oxygen atoms in total. The lowest BCUT2D eigenvalue weighted by Gasteiger charge is -2.38. The van der Waals surface area contributed by atoms with Gasteiger partial charge in [0.15, 0.2) is 0 Å². The number of carboxylic acid groups (broad SMARTS) is 1. The van der Waals surface area contributed by atoms with Crippen molar-refractivity contribution in [3.05, 3.63) is 0 Å². The van der Waals surface area contributed by atoms with Crippen LogP contribution in [0.25, 0.3) is 0 Å². The Bertz CT molecular complexity index is 384. The smallest absolute Gasteiger partial charge is 0.411 e. The van der Waals surface area contributed by atoms with Crippen molar-refractivity contribution in [1.29, 1.82) is 0 Å². The SMILES string of the molecule is CC(C)(C)OC(=O)N1CCC(CC2CC2)CC1C(=O)O. The van der Waals surface area contributed by atoms with Gasteiger partial charge < -0.3 is 9.84 Å². The predicted octanol–water partition coefficient (Wildman–Crippen LogP) is 2.89. The first-order valence-electron chi connectivity index (χ1n) is 7.48. The Morgan fingerprint density at radius 2 is 1.85 bits per heavy atom. The van der Waals surface area contributed by atoms with Gasteiger partial charge in [-0.15, -0.1) is 0 Å². The van der Waals surface area contributed by atoms with Crippen molar-refractivity contribution < 1.29 is 19.4 Å². The fraction of sp³-hybridized carbons (Fsp3) is 0.867. The Kier molecular flexibility index (Phi) is 4.25. The number of carboxylic acids is 1. The molecule has 0 aromatic heterocycles. The van der Waals surface area contributed by atoms with Gasteiger partial charge in [0.25, 0.3) is 0 Å². The van der Waals surface area contributed by atoms with E-state index in [9.17, 15) is 14.7 Å². The number of carbonyl (C=O) groups excluding carboxylic acids is 1. The molecule has 0 aromatic carbocycles. The highest BCUT2D eigenvalue weighted by atomic mass is 16.6. The van der Waals surface area contributed by atoms with Crippen molar-refractivity contribution in [3.8, 4) is 0 Å². The first-order chi connectivity index (χ1) is 9.26. The van der Waals surface area contributed by atoms with Gasteiger partial charge in [-0.3, -0.25) is 4.90 Å². The molecule has 0 spiro atoms. The van der Waals surface area contributed by atoms with Crippen molar-refractivity contribution in [3.63, 3.8) is 0 Å². The maximum absolute atomic E-state index is 12.1. The topological polar surface area (TPSA) is 66.8 Å². The number of likely N-dealkylation sites (tertiary alicyclic amines) is 1. The van der Waals surface area contributed by atoms with E-state index in [2.05, 4.69) is 0 Å². The highest BCUT2D eigenvalue weighted by molar-refractivity contribution is 5.80. The quantitative estimate of drug-likeness (QED) is 0.864. The van der Waals surface area contributed by atoms with Crippen molar-refractivity contribution in [1.82, 2.24) is 4.90 Å². The van der Waals surface area contributed by atoms with Gasteiger partial charge in [0.2, 0.25) is 0 Å². The molecule has 0 bridgehead atoms. The molecule has 114 valence electrons. The van der Waals surface area contributed by atoms with Crippen LogP contribution in [0.1, 0.15) is 52.9 Å². The summed E-state index contributed by atoms with van der Waals surface area (Å²) in [5.74, 6) is 0.307. The molecule has 2 aliphatic rings. The van der Waals surface area contributed by atoms with Gasteiger partial charge >= 0.3 is 12.1 Å². The van der Waals surface area contributed by atoms with E-state index in [-0.39, 0.29) is 0 Å². The lowest BCUT2D eigenvalue weighted by Crippen LogP contribution is -2.51. The molecule has 1 heterocycles. The number of amides is 1. The van der Waals surface area contributed by atoms with Gasteiger partial charge in [0.05, 0.1) is 0 Å². The number of ether oxygens (including phenoxy) is 1. The minimum atomic E-state index is -0.920. The van der Waals surface area contributed by atoms with Crippen LogP contribution >= 0.6 is 0 Å². The largest absolute Gasteiger partial charge is 0.480 e. The second-order valence-electron chi connectivity index (χ2n) is 7.10. The van der Waals surface area contributed by atoms with Gasteiger partial charge in [-0.1, -0.05) is 12.8 Å². The highest BCUT2D eigenvalue weighted by Crippen LogP contribution is 2.39. The minimum Gasteiger partial charge on any atom is -0.480 e. The van der Waals surface area contributed by atoms with E-state index in [1.807, 2.05) is 0 Å². The third kappa shape index (κ3) is 4.12. The van der Waals surface area contributed by atoms with Crippen molar-refractivity contribution in [2.24, 2.45) is 11.8 Å². The van der Waals surface area contributed by atoms with E-state index in [1.54, 1.807) is 20.8 Å². The molecule has 2 atom stereocenters. The number of hydrogen-bond donors (Lipinski definition) is 1. The van der Waals surface area contributed by atoms with Crippen molar-refractivity contribution >= 4 is 12.1 Å². The van der Waals surface area contributed by atoms with Crippen LogP contribution < -0.4 is 0 Å². The second-order valence-corrected chi connectivity index (χ2v) is 7.10. The molecule has 2 rings (SSSR count). The van der Waals surface area contributed by atoms with Crippen molar-refractivity contribution in [2.75, 3.05) is 6.54 Å². The predicted molar refractivity (Wildman–Crippen MR) is 74.4 cm³/mol. The van der Waals surface area contributed by atoms with Crippen LogP contribution in [-0.2, 0) is 9.53 Å². The fourth-order valence-corrected chi connectivity index (χ4v) is 2.85. The molecule has 1 aliphatic carbocycles. The molecule has 1 aliphatic heterocycles. The van der Waals surface area contributed by atoms with Gasteiger partial charge in [-0.2, -0.15) is 0 Å². The Hall–Kier alpha value is -1.26. The van der Waals surface area contributed by atoms with E-state index >= 15 is 0 Å². The lowest BCUT2D eigenvalue weighted by molar-refractivity contribution is -0.145. The summed E-state index contributed by atoms with van der Waals surface area (Å²) < 4.78 is 5.31. The van der Waals surface area contributed by atoms with Crippen LogP contribution in [0, 0.1) is 11.8 Å². The third-order valence-electron chi connectivity index (χ3n) is 3.99. The van der Waals surface area contributed by atoms with E-state index < -0.39 is 23.7 Å². The molecule has 1 saturated carbocycles. The fourth-order valence-electron chi connectivity index (χ4n) is 2.85. The van der Waals surface area contributed by atoms with E-state index in [0.717, 1.165) is 18.8 Å². The zero-order valence-electron chi connectivity index (χ0n) is 12.6. The number of nitrogens with zero attached hydrogens (tertiary/aromatic N) is 1. The standard InChI is InChI=1S/C15H25NO4/c1-15(2,3)20-14(19)16-7-6-11(8-10-4-5-10)9-12(16)13(17)18/h10-12H,4-9H2,1-3H3,(H,17,18). The summed E-state index contributed by atoms with van der Waals surface area (Å²) in [7, 11) is 0. The van der Waals surface area contributed by atoms with Gasteiger partial charge in [0.1, 0.15) is 11.6 Å².